The van der Waals surface area contributed by atoms with E-state index in [2.05, 4.69) is 0 Å². The Bertz CT molecular complexity index is 472. The Balaban J connectivity index is 2.81. The molecule has 20 heavy (non-hydrogen) atoms. The van der Waals surface area contributed by atoms with E-state index in [1.54, 1.807) is 6.07 Å². The van der Waals surface area contributed by atoms with Gasteiger partial charge in [0.25, 0.3) is 0 Å². The van der Waals surface area contributed by atoms with Crippen molar-refractivity contribution in [2.24, 2.45) is 11.7 Å². The molecule has 0 saturated carbocycles. The summed E-state index contributed by atoms with van der Waals surface area (Å²) in [5.74, 6) is -0.302. The molecular formula is C14H19F3N2O. The van der Waals surface area contributed by atoms with Gasteiger partial charge in [0.1, 0.15) is 0 Å². The van der Waals surface area contributed by atoms with E-state index in [1.165, 1.54) is 18.0 Å². The number of likely N-dealkylation sites (N-methyl/N-ethyl adjacent to an activating group) is 1. The van der Waals surface area contributed by atoms with Gasteiger partial charge < -0.3 is 10.6 Å². The van der Waals surface area contributed by atoms with Crippen LogP contribution in [0.3, 0.4) is 0 Å². The van der Waals surface area contributed by atoms with Crippen LogP contribution in [0.4, 0.5) is 13.2 Å². The van der Waals surface area contributed by atoms with Crippen molar-refractivity contribution in [1.82, 2.24) is 4.90 Å². The van der Waals surface area contributed by atoms with Gasteiger partial charge in [0, 0.05) is 13.6 Å². The topological polar surface area (TPSA) is 46.3 Å². The minimum Gasteiger partial charge on any atom is -0.340 e. The van der Waals surface area contributed by atoms with Gasteiger partial charge in [-0.2, -0.15) is 13.2 Å². The minimum absolute atomic E-state index is 0.0218. The van der Waals surface area contributed by atoms with E-state index in [0.29, 0.717) is 5.56 Å². The molecule has 1 aromatic rings. The average molecular weight is 288 g/mol. The van der Waals surface area contributed by atoms with Crippen molar-refractivity contribution in [2.45, 2.75) is 32.6 Å². The molecule has 0 aliphatic carbocycles. The van der Waals surface area contributed by atoms with Crippen molar-refractivity contribution in [1.29, 1.82) is 0 Å². The molecule has 0 fully saturated rings. The number of nitrogens with zero attached hydrogens (tertiary/aromatic N) is 1. The highest BCUT2D eigenvalue weighted by atomic mass is 19.4. The molecule has 0 radical (unpaired) electrons. The highest BCUT2D eigenvalue weighted by Crippen LogP contribution is 2.29. The summed E-state index contributed by atoms with van der Waals surface area (Å²) in [7, 11) is 1.53. The summed E-state index contributed by atoms with van der Waals surface area (Å²) >= 11 is 0. The van der Waals surface area contributed by atoms with Gasteiger partial charge in [0.2, 0.25) is 5.91 Å². The first-order chi connectivity index (χ1) is 9.12. The molecule has 0 saturated heterocycles. The van der Waals surface area contributed by atoms with Crippen LogP contribution in [-0.2, 0) is 17.5 Å². The third-order valence-electron chi connectivity index (χ3n) is 3.05. The number of carbonyl (C=O) groups excluding carboxylic acids is 1. The van der Waals surface area contributed by atoms with E-state index in [1.807, 2.05) is 13.8 Å². The van der Waals surface area contributed by atoms with Crippen LogP contribution in [0.2, 0.25) is 0 Å². The van der Waals surface area contributed by atoms with E-state index in [0.717, 1.165) is 12.1 Å². The zero-order chi connectivity index (χ0) is 15.5. The van der Waals surface area contributed by atoms with Crippen LogP contribution >= 0.6 is 0 Å². The Labute approximate surface area is 116 Å². The average Bonchev–Trinajstić information content (AvgIpc) is 2.36. The molecule has 1 aromatic carbocycles. The zero-order valence-electron chi connectivity index (χ0n) is 11.7. The van der Waals surface area contributed by atoms with Crippen LogP contribution in [0.1, 0.15) is 25.0 Å². The second kappa shape index (κ2) is 6.26. The first-order valence-electron chi connectivity index (χ1n) is 6.29. The summed E-state index contributed by atoms with van der Waals surface area (Å²) in [6.45, 7) is 3.74. The van der Waals surface area contributed by atoms with E-state index in [4.69, 9.17) is 5.73 Å². The van der Waals surface area contributed by atoms with Crippen molar-refractivity contribution in [3.8, 4) is 0 Å². The normalized spacial score (nSPS) is 13.4. The Morgan fingerprint density at radius 3 is 2.45 bits per heavy atom. The maximum Gasteiger partial charge on any atom is 0.416 e. The summed E-state index contributed by atoms with van der Waals surface area (Å²) in [6, 6.07) is 4.29. The molecule has 1 unspecified atom stereocenters. The lowest BCUT2D eigenvalue weighted by Gasteiger charge is -2.23. The second-order valence-corrected chi connectivity index (χ2v) is 5.16. The fourth-order valence-electron chi connectivity index (χ4n) is 1.74. The third kappa shape index (κ3) is 4.23. The molecule has 1 amide bonds. The van der Waals surface area contributed by atoms with Crippen LogP contribution in [0.25, 0.3) is 0 Å². The third-order valence-corrected chi connectivity index (χ3v) is 3.05. The quantitative estimate of drug-likeness (QED) is 0.926. The molecule has 0 bridgehead atoms. The number of carbonyl (C=O) groups is 1. The number of amides is 1. The number of alkyl halides is 3. The van der Waals surface area contributed by atoms with Gasteiger partial charge >= 0.3 is 6.18 Å². The molecule has 0 aromatic heterocycles. The van der Waals surface area contributed by atoms with Crippen molar-refractivity contribution < 1.29 is 18.0 Å². The largest absolute Gasteiger partial charge is 0.416 e. The van der Waals surface area contributed by atoms with Crippen LogP contribution in [0, 0.1) is 5.92 Å². The highest BCUT2D eigenvalue weighted by Gasteiger charge is 2.30. The molecule has 0 aliphatic rings. The summed E-state index contributed by atoms with van der Waals surface area (Å²) in [4.78, 5) is 13.3. The van der Waals surface area contributed by atoms with Crippen LogP contribution in [0.15, 0.2) is 24.3 Å². The molecule has 6 heteroatoms. The number of halogens is 3. The van der Waals surface area contributed by atoms with Crippen molar-refractivity contribution in [2.75, 3.05) is 7.05 Å². The number of hydrogen-bond donors (Lipinski definition) is 1. The minimum atomic E-state index is -4.38. The molecule has 2 N–H and O–H groups in total. The Hall–Kier alpha value is -1.56. The molecule has 1 atom stereocenters. The monoisotopic (exact) mass is 288 g/mol. The zero-order valence-corrected chi connectivity index (χ0v) is 11.7. The van der Waals surface area contributed by atoms with E-state index in [9.17, 15) is 18.0 Å². The van der Waals surface area contributed by atoms with Gasteiger partial charge in [-0.1, -0.05) is 26.0 Å². The molecule has 0 spiro atoms. The molecule has 1 rings (SSSR count). The Morgan fingerprint density at radius 2 is 1.95 bits per heavy atom. The summed E-state index contributed by atoms with van der Waals surface area (Å²) in [6.07, 6.45) is -4.38. The fraction of sp³-hybridized carbons (Fsp3) is 0.500. The lowest BCUT2D eigenvalue weighted by molar-refractivity contribution is -0.137. The lowest BCUT2D eigenvalue weighted by Crippen LogP contribution is -2.44. The van der Waals surface area contributed by atoms with E-state index in [-0.39, 0.29) is 18.4 Å². The predicted octanol–water partition coefficient (Wildman–Crippen LogP) is 2.65. The van der Waals surface area contributed by atoms with Crippen molar-refractivity contribution >= 4 is 5.91 Å². The van der Waals surface area contributed by atoms with Crippen LogP contribution in [-0.4, -0.2) is 23.9 Å². The van der Waals surface area contributed by atoms with Crippen LogP contribution in [0.5, 0.6) is 0 Å². The molecule has 112 valence electrons. The molecule has 0 heterocycles. The standard InChI is InChI=1S/C14H19F3N2O/c1-9(2)12(18)13(20)19(3)8-10-5-4-6-11(7-10)14(15,16)17/h4-7,9,12H,8,18H2,1-3H3. The van der Waals surface area contributed by atoms with Gasteiger partial charge in [0.15, 0.2) is 0 Å². The maximum atomic E-state index is 12.6. The fourth-order valence-corrected chi connectivity index (χ4v) is 1.74. The van der Waals surface area contributed by atoms with Gasteiger partial charge in [-0.3, -0.25) is 4.79 Å². The van der Waals surface area contributed by atoms with Crippen molar-refractivity contribution in [3.05, 3.63) is 35.4 Å². The number of rotatable bonds is 4. The van der Waals surface area contributed by atoms with Crippen molar-refractivity contribution in [3.63, 3.8) is 0 Å². The number of benzene rings is 1. The maximum absolute atomic E-state index is 12.6. The van der Waals surface area contributed by atoms with E-state index < -0.39 is 17.8 Å². The first kappa shape index (κ1) is 16.5. The highest BCUT2D eigenvalue weighted by molar-refractivity contribution is 5.81. The lowest BCUT2D eigenvalue weighted by atomic mass is 10.0. The van der Waals surface area contributed by atoms with Crippen LogP contribution < -0.4 is 5.73 Å². The van der Waals surface area contributed by atoms with Gasteiger partial charge in [-0.05, 0) is 23.6 Å². The summed E-state index contributed by atoms with van der Waals surface area (Å²) < 4.78 is 37.8. The predicted molar refractivity (Wildman–Crippen MR) is 70.7 cm³/mol. The summed E-state index contributed by atoms with van der Waals surface area (Å²) in [5.41, 5.74) is 5.45. The molecular weight excluding hydrogens is 269 g/mol. The number of hydrogen-bond acceptors (Lipinski definition) is 2. The van der Waals surface area contributed by atoms with Gasteiger partial charge in [0.05, 0.1) is 11.6 Å². The summed E-state index contributed by atoms with van der Waals surface area (Å²) in [5, 5.41) is 0. The molecule has 3 nitrogen and oxygen atoms in total. The Kier molecular flexibility index (Phi) is 5.16. The SMILES string of the molecule is CC(C)C(N)C(=O)N(C)Cc1cccc(C(F)(F)F)c1. The second-order valence-electron chi connectivity index (χ2n) is 5.16. The van der Waals surface area contributed by atoms with Gasteiger partial charge in [-0.15, -0.1) is 0 Å². The van der Waals surface area contributed by atoms with E-state index >= 15 is 0 Å². The first-order valence-corrected chi connectivity index (χ1v) is 6.29. The number of nitrogens with two attached hydrogens (primary N) is 1. The smallest absolute Gasteiger partial charge is 0.340 e. The Morgan fingerprint density at radius 1 is 1.35 bits per heavy atom. The van der Waals surface area contributed by atoms with Gasteiger partial charge in [-0.25, -0.2) is 0 Å². The molecule has 0 aliphatic heterocycles.